The molecular formula is C17H29N3O3. The van der Waals surface area contributed by atoms with E-state index < -0.39 is 6.04 Å². The van der Waals surface area contributed by atoms with Crippen LogP contribution in [0.15, 0.2) is 0 Å². The maximum Gasteiger partial charge on any atom is 0.244 e. The van der Waals surface area contributed by atoms with Crippen molar-refractivity contribution < 1.29 is 14.3 Å². The van der Waals surface area contributed by atoms with E-state index in [0.29, 0.717) is 0 Å². The van der Waals surface area contributed by atoms with Gasteiger partial charge in [0.05, 0.1) is 18.8 Å². The van der Waals surface area contributed by atoms with Crippen LogP contribution in [0.2, 0.25) is 0 Å². The number of hydrogen-bond donors (Lipinski definition) is 1. The fourth-order valence-electron chi connectivity index (χ4n) is 4.16. The molecule has 1 N–H and O–H groups in total. The van der Waals surface area contributed by atoms with Gasteiger partial charge in [0, 0.05) is 32.6 Å². The molecule has 2 aliphatic heterocycles. The van der Waals surface area contributed by atoms with E-state index >= 15 is 0 Å². The summed E-state index contributed by atoms with van der Waals surface area (Å²) in [5.74, 6) is 0.130. The molecule has 1 saturated carbocycles. The number of likely N-dealkylation sites (N-methyl/N-ethyl adjacent to an activating group) is 1. The second-order valence-corrected chi connectivity index (χ2v) is 7.23. The normalized spacial score (nSPS) is 32.3. The highest BCUT2D eigenvalue weighted by Crippen LogP contribution is 2.25. The number of fused-ring (bicyclic) bond motifs is 2. The van der Waals surface area contributed by atoms with Crippen LogP contribution in [0.25, 0.3) is 0 Å². The summed E-state index contributed by atoms with van der Waals surface area (Å²) in [5.41, 5.74) is 0. The highest BCUT2D eigenvalue weighted by Gasteiger charge is 2.38. The van der Waals surface area contributed by atoms with Crippen molar-refractivity contribution in [3.05, 3.63) is 0 Å². The Bertz CT molecular complexity index is 450. The Labute approximate surface area is 138 Å². The molecule has 130 valence electrons. The monoisotopic (exact) mass is 323 g/mol. The second-order valence-electron chi connectivity index (χ2n) is 7.23. The number of carbonyl (C=O) groups excluding carboxylic acids is 2. The summed E-state index contributed by atoms with van der Waals surface area (Å²) >= 11 is 0. The summed E-state index contributed by atoms with van der Waals surface area (Å²) in [6.45, 7) is 5.46. The van der Waals surface area contributed by atoms with E-state index in [4.69, 9.17) is 4.74 Å². The van der Waals surface area contributed by atoms with Gasteiger partial charge in [0.1, 0.15) is 6.04 Å². The zero-order valence-corrected chi connectivity index (χ0v) is 14.3. The molecule has 4 atom stereocenters. The number of morpholine rings is 1. The summed E-state index contributed by atoms with van der Waals surface area (Å²) in [6.07, 6.45) is 5.20. The molecule has 4 unspecified atom stereocenters. The van der Waals surface area contributed by atoms with Gasteiger partial charge in [-0.05, 0) is 26.2 Å². The van der Waals surface area contributed by atoms with Crippen molar-refractivity contribution in [2.75, 3.05) is 33.3 Å². The number of amides is 2. The van der Waals surface area contributed by atoms with E-state index in [-0.39, 0.29) is 29.9 Å². The standard InChI is InChI=1S/C17H29N3O3/c1-12(18-16(21)13-5-3-4-6-13)17(22)19(2)14-7-8-20-9-10-23-15(14)11-20/h12-15H,3-11H2,1-2H3,(H,18,21). The van der Waals surface area contributed by atoms with E-state index in [1.807, 2.05) is 7.05 Å². The zero-order valence-electron chi connectivity index (χ0n) is 14.3. The zero-order chi connectivity index (χ0) is 16.4. The number of hydrogen-bond acceptors (Lipinski definition) is 4. The van der Waals surface area contributed by atoms with Gasteiger partial charge in [0.15, 0.2) is 0 Å². The van der Waals surface area contributed by atoms with Crippen LogP contribution in [0.1, 0.15) is 39.0 Å². The number of carbonyl (C=O) groups is 2. The molecule has 6 heteroatoms. The van der Waals surface area contributed by atoms with Gasteiger partial charge in [0.25, 0.3) is 0 Å². The number of ether oxygens (including phenoxy) is 1. The van der Waals surface area contributed by atoms with Gasteiger partial charge < -0.3 is 15.0 Å². The molecule has 3 fully saturated rings. The highest BCUT2D eigenvalue weighted by atomic mass is 16.5. The molecule has 3 aliphatic rings. The van der Waals surface area contributed by atoms with Gasteiger partial charge in [-0.3, -0.25) is 14.5 Å². The molecule has 3 rings (SSSR count). The third kappa shape index (κ3) is 3.69. The minimum absolute atomic E-state index is 0.0102. The fourth-order valence-corrected chi connectivity index (χ4v) is 4.16. The van der Waals surface area contributed by atoms with Gasteiger partial charge in [-0.15, -0.1) is 0 Å². The molecule has 1 aliphatic carbocycles. The van der Waals surface area contributed by atoms with E-state index in [2.05, 4.69) is 10.2 Å². The van der Waals surface area contributed by atoms with Crippen molar-refractivity contribution in [1.82, 2.24) is 15.1 Å². The summed E-state index contributed by atoms with van der Waals surface area (Å²) < 4.78 is 5.85. The lowest BCUT2D eigenvalue weighted by molar-refractivity contribution is -0.146. The molecule has 0 spiro atoms. The Morgan fingerprint density at radius 3 is 2.70 bits per heavy atom. The van der Waals surface area contributed by atoms with Crippen LogP contribution >= 0.6 is 0 Å². The molecule has 2 bridgehead atoms. The lowest BCUT2D eigenvalue weighted by atomic mass is 9.98. The number of nitrogens with one attached hydrogen (secondary N) is 1. The molecule has 23 heavy (non-hydrogen) atoms. The van der Waals surface area contributed by atoms with Crippen LogP contribution in [0.5, 0.6) is 0 Å². The largest absolute Gasteiger partial charge is 0.373 e. The minimum Gasteiger partial charge on any atom is -0.373 e. The Kier molecular flexibility index (Phi) is 5.21. The summed E-state index contributed by atoms with van der Waals surface area (Å²) in [4.78, 5) is 29.1. The predicted octanol–water partition coefficient (Wildman–Crippen LogP) is 0.613. The third-order valence-corrected chi connectivity index (χ3v) is 5.65. The first-order chi connectivity index (χ1) is 11.1. The Morgan fingerprint density at radius 2 is 1.96 bits per heavy atom. The van der Waals surface area contributed by atoms with Gasteiger partial charge in [-0.1, -0.05) is 12.8 Å². The van der Waals surface area contributed by atoms with Crippen LogP contribution < -0.4 is 5.32 Å². The van der Waals surface area contributed by atoms with Crippen molar-refractivity contribution in [3.8, 4) is 0 Å². The fraction of sp³-hybridized carbons (Fsp3) is 0.882. The maximum absolute atomic E-state index is 12.7. The van der Waals surface area contributed by atoms with Crippen molar-refractivity contribution in [1.29, 1.82) is 0 Å². The Morgan fingerprint density at radius 1 is 1.22 bits per heavy atom. The SMILES string of the molecule is CC(NC(=O)C1CCCC1)C(=O)N(C)C1CCN2CCOC1C2. The highest BCUT2D eigenvalue weighted by molar-refractivity contribution is 5.88. The van der Waals surface area contributed by atoms with Crippen molar-refractivity contribution in [2.45, 2.75) is 57.2 Å². The van der Waals surface area contributed by atoms with E-state index in [9.17, 15) is 9.59 Å². The van der Waals surface area contributed by atoms with Crippen LogP contribution in [0.4, 0.5) is 0 Å². The second kappa shape index (κ2) is 7.18. The van der Waals surface area contributed by atoms with E-state index in [1.54, 1.807) is 11.8 Å². The van der Waals surface area contributed by atoms with Crippen LogP contribution in [0.3, 0.4) is 0 Å². The minimum atomic E-state index is -0.463. The summed E-state index contributed by atoms with van der Waals surface area (Å²) in [6, 6.07) is -0.348. The quantitative estimate of drug-likeness (QED) is 0.824. The average Bonchev–Trinajstić information content (AvgIpc) is 3.08. The lowest BCUT2D eigenvalue weighted by Gasteiger charge is -2.45. The third-order valence-electron chi connectivity index (χ3n) is 5.65. The molecule has 6 nitrogen and oxygen atoms in total. The molecule has 2 heterocycles. The maximum atomic E-state index is 12.7. The first kappa shape index (κ1) is 16.7. The first-order valence-electron chi connectivity index (χ1n) is 8.97. The van der Waals surface area contributed by atoms with Crippen LogP contribution in [-0.4, -0.2) is 73.1 Å². The lowest BCUT2D eigenvalue weighted by Crippen LogP contribution is -2.61. The number of piperidine rings is 1. The number of rotatable bonds is 4. The first-order valence-corrected chi connectivity index (χ1v) is 8.97. The van der Waals surface area contributed by atoms with Gasteiger partial charge >= 0.3 is 0 Å². The Balaban J connectivity index is 1.54. The van der Waals surface area contributed by atoms with Crippen molar-refractivity contribution in [3.63, 3.8) is 0 Å². The van der Waals surface area contributed by atoms with Crippen LogP contribution in [0, 0.1) is 5.92 Å². The van der Waals surface area contributed by atoms with Crippen molar-refractivity contribution in [2.24, 2.45) is 5.92 Å². The Hall–Kier alpha value is -1.14. The molecule has 0 aromatic rings. The van der Waals surface area contributed by atoms with Crippen molar-refractivity contribution >= 4 is 11.8 Å². The topological polar surface area (TPSA) is 61.9 Å². The van der Waals surface area contributed by atoms with Crippen LogP contribution in [-0.2, 0) is 14.3 Å². The molecule has 2 saturated heterocycles. The molecule has 0 aromatic heterocycles. The molecule has 2 amide bonds. The summed E-state index contributed by atoms with van der Waals surface area (Å²) in [5, 5.41) is 2.92. The summed E-state index contributed by atoms with van der Waals surface area (Å²) in [7, 11) is 1.85. The van der Waals surface area contributed by atoms with E-state index in [0.717, 1.165) is 58.3 Å². The van der Waals surface area contributed by atoms with Gasteiger partial charge in [-0.2, -0.15) is 0 Å². The van der Waals surface area contributed by atoms with Gasteiger partial charge in [0.2, 0.25) is 11.8 Å². The molecule has 0 radical (unpaired) electrons. The number of nitrogens with zero attached hydrogens (tertiary/aromatic N) is 2. The predicted molar refractivity (Wildman–Crippen MR) is 86.9 cm³/mol. The van der Waals surface area contributed by atoms with E-state index in [1.165, 1.54) is 0 Å². The average molecular weight is 323 g/mol. The smallest absolute Gasteiger partial charge is 0.244 e. The molecular weight excluding hydrogens is 294 g/mol. The molecule has 0 aromatic carbocycles. The van der Waals surface area contributed by atoms with Gasteiger partial charge in [-0.25, -0.2) is 0 Å².